The van der Waals surface area contributed by atoms with Gasteiger partial charge in [-0.3, -0.25) is 4.98 Å². The maximum absolute atomic E-state index is 13.2. The van der Waals surface area contributed by atoms with Gasteiger partial charge in [0.05, 0.1) is 23.6 Å². The summed E-state index contributed by atoms with van der Waals surface area (Å²) < 4.78 is 42.1. The summed E-state index contributed by atoms with van der Waals surface area (Å²) in [7, 11) is 1.61. The third kappa shape index (κ3) is 6.12. The number of amides is 2. The number of nitrogens with zero attached hydrogens (tertiary/aromatic N) is 1. The van der Waals surface area contributed by atoms with Crippen molar-refractivity contribution < 1.29 is 32.9 Å². The van der Waals surface area contributed by atoms with E-state index < -0.39 is 0 Å². The maximum Gasteiger partial charge on any atom is 0.319 e. The Bertz CT molecular complexity index is 1450. The Morgan fingerprint density at radius 3 is 2.49 bits per heavy atom. The van der Waals surface area contributed by atoms with Crippen molar-refractivity contribution in [2.45, 2.75) is 13.0 Å². The molecule has 0 saturated heterocycles. The van der Waals surface area contributed by atoms with Gasteiger partial charge in [0.2, 0.25) is 5.75 Å². The SMILES string of the molecule is COCCOc1cc2nccc(Oc3ccc(NC(=O)N[C@H](C)c4ccc(F)cc4)cc3)c2c2c1OCCO2. The number of ether oxygens (including phenoxy) is 5. The zero-order valence-corrected chi connectivity index (χ0v) is 21.5. The van der Waals surface area contributed by atoms with Crippen LogP contribution < -0.4 is 29.6 Å². The fourth-order valence-corrected chi connectivity index (χ4v) is 4.13. The number of carbonyl (C=O) groups excluding carboxylic acids is 1. The fourth-order valence-electron chi connectivity index (χ4n) is 4.13. The second-order valence-electron chi connectivity index (χ2n) is 8.77. The summed E-state index contributed by atoms with van der Waals surface area (Å²) in [5.74, 6) is 2.31. The Labute approximate surface area is 224 Å². The van der Waals surface area contributed by atoms with Crippen LogP contribution in [0.3, 0.4) is 0 Å². The number of hydrogen-bond donors (Lipinski definition) is 2. The van der Waals surface area contributed by atoms with E-state index in [0.29, 0.717) is 71.8 Å². The van der Waals surface area contributed by atoms with Crippen LogP contribution in [-0.4, -0.2) is 44.6 Å². The molecule has 1 aliphatic heterocycles. The molecule has 0 unspecified atom stereocenters. The topological polar surface area (TPSA) is 100 Å². The highest BCUT2D eigenvalue weighted by atomic mass is 19.1. The lowest BCUT2D eigenvalue weighted by Crippen LogP contribution is -2.31. The van der Waals surface area contributed by atoms with E-state index in [9.17, 15) is 9.18 Å². The van der Waals surface area contributed by atoms with Gasteiger partial charge in [-0.1, -0.05) is 12.1 Å². The molecule has 4 aromatic rings. The summed E-state index contributed by atoms with van der Waals surface area (Å²) in [5.41, 5.74) is 2.01. The van der Waals surface area contributed by atoms with E-state index in [0.717, 1.165) is 5.56 Å². The van der Waals surface area contributed by atoms with Crippen molar-refractivity contribution in [3.05, 3.63) is 78.2 Å². The van der Waals surface area contributed by atoms with Crippen LogP contribution in [0.2, 0.25) is 0 Å². The van der Waals surface area contributed by atoms with Crippen LogP contribution in [-0.2, 0) is 4.74 Å². The molecule has 1 aromatic heterocycles. The number of fused-ring (bicyclic) bond motifs is 3. The van der Waals surface area contributed by atoms with Crippen LogP contribution in [0.15, 0.2) is 66.9 Å². The molecule has 2 heterocycles. The molecule has 1 aliphatic rings. The molecular weight excluding hydrogens is 505 g/mol. The summed E-state index contributed by atoms with van der Waals surface area (Å²) in [6.45, 7) is 3.41. The smallest absolute Gasteiger partial charge is 0.319 e. The highest BCUT2D eigenvalue weighted by Crippen LogP contribution is 2.48. The van der Waals surface area contributed by atoms with Crippen molar-refractivity contribution in [3.63, 3.8) is 0 Å². The average Bonchev–Trinajstić information content (AvgIpc) is 2.94. The Kier molecular flexibility index (Phi) is 7.93. The van der Waals surface area contributed by atoms with E-state index in [-0.39, 0.29) is 17.9 Å². The first kappa shape index (κ1) is 26.1. The lowest BCUT2D eigenvalue weighted by atomic mass is 10.1. The minimum atomic E-state index is -0.382. The third-order valence-corrected chi connectivity index (χ3v) is 6.05. The number of nitrogens with one attached hydrogen (secondary N) is 2. The molecule has 3 aromatic carbocycles. The normalized spacial score (nSPS) is 13.0. The molecule has 0 bridgehead atoms. The van der Waals surface area contributed by atoms with E-state index in [2.05, 4.69) is 15.6 Å². The van der Waals surface area contributed by atoms with Gasteiger partial charge >= 0.3 is 6.03 Å². The molecule has 0 fully saturated rings. The first-order chi connectivity index (χ1) is 19.0. The van der Waals surface area contributed by atoms with E-state index in [1.807, 2.05) is 6.92 Å². The first-order valence-electron chi connectivity index (χ1n) is 12.5. The summed E-state index contributed by atoms with van der Waals surface area (Å²) in [6, 6.07) is 15.8. The van der Waals surface area contributed by atoms with Crippen molar-refractivity contribution in [1.29, 1.82) is 0 Å². The number of benzene rings is 3. The number of anilines is 1. The molecule has 0 aliphatic carbocycles. The second-order valence-corrected chi connectivity index (χ2v) is 8.77. The molecule has 5 rings (SSSR count). The van der Waals surface area contributed by atoms with Crippen molar-refractivity contribution in [3.8, 4) is 28.7 Å². The molecule has 2 amide bonds. The first-order valence-corrected chi connectivity index (χ1v) is 12.5. The van der Waals surface area contributed by atoms with E-state index >= 15 is 0 Å². The van der Waals surface area contributed by atoms with E-state index in [4.69, 9.17) is 23.7 Å². The molecule has 202 valence electrons. The predicted molar refractivity (Wildman–Crippen MR) is 144 cm³/mol. The molecule has 0 spiro atoms. The standard InChI is InChI=1S/C29H28FN3O6/c1-18(19-3-5-20(30)6-4-19)32-29(34)33-21-7-9-22(10-8-21)39-24-11-12-31-23-17-25(36-14-13-35-2)27-28(26(23)24)38-16-15-37-27/h3-12,17-18H,13-16H2,1-2H3,(H2,32,33,34)/t18-/m1/s1. The molecule has 1 atom stereocenters. The van der Waals surface area contributed by atoms with Gasteiger partial charge in [0, 0.05) is 25.1 Å². The number of halogens is 1. The monoisotopic (exact) mass is 533 g/mol. The van der Waals surface area contributed by atoms with Gasteiger partial charge in [0.25, 0.3) is 0 Å². The Balaban J connectivity index is 1.30. The van der Waals surface area contributed by atoms with Crippen LogP contribution >= 0.6 is 0 Å². The van der Waals surface area contributed by atoms with Gasteiger partial charge in [-0.2, -0.15) is 0 Å². The number of carbonyl (C=O) groups is 1. The van der Waals surface area contributed by atoms with E-state index in [1.54, 1.807) is 61.8 Å². The quantitative estimate of drug-likeness (QED) is 0.261. The zero-order valence-electron chi connectivity index (χ0n) is 21.5. The van der Waals surface area contributed by atoms with Gasteiger partial charge in [-0.15, -0.1) is 0 Å². The summed E-state index contributed by atoms with van der Waals surface area (Å²) in [5, 5.41) is 6.30. The Hall–Kier alpha value is -4.57. The minimum absolute atomic E-state index is 0.295. The molecular formula is C29H28FN3O6. The van der Waals surface area contributed by atoms with Crippen LogP contribution in [0.25, 0.3) is 10.9 Å². The van der Waals surface area contributed by atoms with Crippen LogP contribution in [0.1, 0.15) is 18.5 Å². The van der Waals surface area contributed by atoms with Crippen molar-refractivity contribution >= 4 is 22.6 Å². The van der Waals surface area contributed by atoms with Crippen molar-refractivity contribution in [2.75, 3.05) is 38.9 Å². The minimum Gasteiger partial charge on any atom is -0.487 e. The molecule has 0 radical (unpaired) electrons. The third-order valence-electron chi connectivity index (χ3n) is 6.05. The van der Waals surface area contributed by atoms with Crippen molar-refractivity contribution in [1.82, 2.24) is 10.3 Å². The summed E-state index contributed by atoms with van der Waals surface area (Å²) in [4.78, 5) is 16.9. The molecule has 39 heavy (non-hydrogen) atoms. The number of rotatable bonds is 9. The lowest BCUT2D eigenvalue weighted by molar-refractivity contribution is 0.134. The summed E-state index contributed by atoms with van der Waals surface area (Å²) in [6.07, 6.45) is 1.65. The van der Waals surface area contributed by atoms with Gasteiger partial charge in [0.15, 0.2) is 11.5 Å². The number of methoxy groups -OCH3 is 1. The highest BCUT2D eigenvalue weighted by Gasteiger charge is 2.24. The number of aromatic nitrogens is 1. The number of urea groups is 1. The van der Waals surface area contributed by atoms with Gasteiger partial charge in [0.1, 0.15) is 37.1 Å². The van der Waals surface area contributed by atoms with Crippen molar-refractivity contribution in [2.24, 2.45) is 0 Å². The zero-order chi connectivity index (χ0) is 27.2. The van der Waals surface area contributed by atoms with E-state index in [1.165, 1.54) is 12.1 Å². The van der Waals surface area contributed by atoms with Gasteiger partial charge in [-0.25, -0.2) is 9.18 Å². The molecule has 2 N–H and O–H groups in total. The van der Waals surface area contributed by atoms with Crippen LogP contribution in [0.4, 0.5) is 14.9 Å². The largest absolute Gasteiger partial charge is 0.487 e. The summed E-state index contributed by atoms with van der Waals surface area (Å²) >= 11 is 0. The Morgan fingerprint density at radius 1 is 1.00 bits per heavy atom. The second kappa shape index (κ2) is 11.9. The molecule has 0 saturated carbocycles. The number of pyridine rings is 1. The molecule has 10 heteroatoms. The van der Waals surface area contributed by atoms with Crippen LogP contribution in [0.5, 0.6) is 28.7 Å². The molecule has 9 nitrogen and oxygen atoms in total. The average molecular weight is 534 g/mol. The highest BCUT2D eigenvalue weighted by molar-refractivity contribution is 5.95. The predicted octanol–water partition coefficient (Wildman–Crippen LogP) is 5.85. The fraction of sp³-hybridized carbons (Fsp3) is 0.241. The van der Waals surface area contributed by atoms with Gasteiger partial charge in [-0.05, 0) is 55.0 Å². The van der Waals surface area contributed by atoms with Gasteiger partial charge < -0.3 is 34.3 Å². The Morgan fingerprint density at radius 2 is 1.74 bits per heavy atom. The lowest BCUT2D eigenvalue weighted by Gasteiger charge is -2.23. The van der Waals surface area contributed by atoms with Crippen LogP contribution in [0, 0.1) is 5.82 Å². The number of hydrogen-bond acceptors (Lipinski definition) is 7. The maximum atomic E-state index is 13.2.